The van der Waals surface area contributed by atoms with Gasteiger partial charge in [-0.15, -0.1) is 0 Å². The van der Waals surface area contributed by atoms with Crippen LogP contribution in [0.15, 0.2) is 30.3 Å². The maximum absolute atomic E-state index is 11.9. The lowest BCUT2D eigenvalue weighted by Crippen LogP contribution is -2.85. The van der Waals surface area contributed by atoms with Crippen molar-refractivity contribution in [2.45, 2.75) is 48.6 Å². The van der Waals surface area contributed by atoms with E-state index in [9.17, 15) is 30.3 Å². The number of aliphatic hydroxyl groups is 5. The largest absolute Gasteiger partial charge is 0.388 e. The molecule has 1 saturated carbocycles. The molecule has 3 rings (SSSR count). The smallest absolute Gasteiger partial charge is 0.249 e. The number of β-lactam (4-membered cyclic amide) rings is 1. The van der Waals surface area contributed by atoms with Crippen molar-refractivity contribution in [3.05, 3.63) is 35.9 Å². The summed E-state index contributed by atoms with van der Waals surface area (Å²) < 4.78 is 0. The molecule has 134 valence electrons. The van der Waals surface area contributed by atoms with Gasteiger partial charge in [0.15, 0.2) is 0 Å². The summed E-state index contributed by atoms with van der Waals surface area (Å²) in [5.74, 6) is -0.573. The molecule has 1 spiro atoms. The first-order valence-corrected chi connectivity index (χ1v) is 7.65. The Labute approximate surface area is 142 Å². The highest BCUT2D eigenvalue weighted by atomic mass is 16.7. The summed E-state index contributed by atoms with van der Waals surface area (Å²) in [6.07, 6.45) is -8.42. The van der Waals surface area contributed by atoms with Crippen LogP contribution in [0.1, 0.15) is 12.0 Å². The SMILES string of the molecule is N#C[C@]1(O)[C@@H](O)[C@@H](O)[C@]2(CC(=O)N2OCc2ccccc2)[C@H](O)[C@@H]1O. The van der Waals surface area contributed by atoms with Gasteiger partial charge < -0.3 is 25.5 Å². The molecule has 0 aromatic heterocycles. The van der Waals surface area contributed by atoms with Crippen LogP contribution in [-0.2, 0) is 16.2 Å². The molecule has 9 nitrogen and oxygen atoms in total. The van der Waals surface area contributed by atoms with Crippen LogP contribution in [0.25, 0.3) is 0 Å². The van der Waals surface area contributed by atoms with Gasteiger partial charge in [0.1, 0.15) is 42.6 Å². The van der Waals surface area contributed by atoms with Crippen molar-refractivity contribution in [1.82, 2.24) is 5.06 Å². The number of amides is 1. The lowest BCUT2D eigenvalue weighted by atomic mass is 9.62. The monoisotopic (exact) mass is 350 g/mol. The van der Waals surface area contributed by atoms with E-state index in [4.69, 9.17) is 10.1 Å². The molecule has 9 heteroatoms. The molecule has 4 atom stereocenters. The van der Waals surface area contributed by atoms with Crippen LogP contribution in [0, 0.1) is 11.3 Å². The highest BCUT2D eigenvalue weighted by molar-refractivity contribution is 5.85. The highest BCUT2D eigenvalue weighted by Gasteiger charge is 2.73. The van der Waals surface area contributed by atoms with Crippen LogP contribution in [0.3, 0.4) is 0 Å². The van der Waals surface area contributed by atoms with E-state index >= 15 is 0 Å². The molecule has 1 saturated heterocycles. The summed E-state index contributed by atoms with van der Waals surface area (Å²) in [5, 5.41) is 60.7. The van der Waals surface area contributed by atoms with E-state index in [1.165, 1.54) is 6.07 Å². The molecular formula is C16H18N2O7. The zero-order valence-electron chi connectivity index (χ0n) is 13.1. The van der Waals surface area contributed by atoms with E-state index in [2.05, 4.69) is 0 Å². The third-order valence-electron chi connectivity index (χ3n) is 4.95. The molecule has 2 aliphatic rings. The zero-order valence-corrected chi connectivity index (χ0v) is 13.1. The van der Waals surface area contributed by atoms with Gasteiger partial charge in [0.25, 0.3) is 0 Å². The van der Waals surface area contributed by atoms with Crippen molar-refractivity contribution in [2.24, 2.45) is 0 Å². The Morgan fingerprint density at radius 3 is 2.16 bits per heavy atom. The molecule has 1 aliphatic heterocycles. The number of carbonyl (C=O) groups is 1. The average molecular weight is 350 g/mol. The molecule has 0 bridgehead atoms. The molecule has 1 aromatic rings. The predicted octanol–water partition coefficient (Wildman–Crippen LogP) is -2.20. The number of hydroxylamine groups is 2. The van der Waals surface area contributed by atoms with Gasteiger partial charge in [0.2, 0.25) is 11.5 Å². The van der Waals surface area contributed by atoms with Gasteiger partial charge in [0, 0.05) is 0 Å². The molecule has 0 radical (unpaired) electrons. The van der Waals surface area contributed by atoms with Gasteiger partial charge in [-0.2, -0.15) is 5.26 Å². The molecule has 1 aliphatic carbocycles. The van der Waals surface area contributed by atoms with Gasteiger partial charge in [-0.05, 0) is 5.56 Å². The number of aliphatic hydroxyl groups excluding tert-OH is 4. The van der Waals surface area contributed by atoms with Crippen molar-refractivity contribution < 1.29 is 35.2 Å². The van der Waals surface area contributed by atoms with Gasteiger partial charge in [-0.3, -0.25) is 9.63 Å². The van der Waals surface area contributed by atoms with Crippen molar-refractivity contribution in [3.8, 4) is 6.07 Å². The van der Waals surface area contributed by atoms with Crippen molar-refractivity contribution in [2.75, 3.05) is 0 Å². The third-order valence-corrected chi connectivity index (χ3v) is 4.95. The first kappa shape index (κ1) is 17.8. The molecule has 2 fully saturated rings. The molecule has 5 N–H and O–H groups in total. The number of rotatable bonds is 3. The van der Waals surface area contributed by atoms with Crippen molar-refractivity contribution in [1.29, 1.82) is 5.26 Å². The summed E-state index contributed by atoms with van der Waals surface area (Å²) in [7, 11) is 0. The maximum Gasteiger partial charge on any atom is 0.249 e. The summed E-state index contributed by atoms with van der Waals surface area (Å²) in [6.45, 7) is -0.0531. The quantitative estimate of drug-likeness (QED) is 0.304. The lowest BCUT2D eigenvalue weighted by molar-refractivity contribution is -0.348. The topological polar surface area (TPSA) is 154 Å². The Morgan fingerprint density at radius 1 is 1.12 bits per heavy atom. The summed E-state index contributed by atoms with van der Waals surface area (Å²) >= 11 is 0. The predicted molar refractivity (Wildman–Crippen MR) is 80.0 cm³/mol. The number of hydrogen-bond acceptors (Lipinski definition) is 8. The minimum atomic E-state index is -2.77. The van der Waals surface area contributed by atoms with Crippen LogP contribution in [0.4, 0.5) is 0 Å². The normalized spacial score (nSPS) is 40.6. The molecular weight excluding hydrogens is 332 g/mol. The molecule has 1 amide bonds. The summed E-state index contributed by atoms with van der Waals surface area (Å²) in [5.41, 5.74) is -3.91. The Balaban J connectivity index is 1.87. The number of nitriles is 1. The summed E-state index contributed by atoms with van der Waals surface area (Å²) in [6, 6.07) is 10.1. The number of hydrogen-bond donors (Lipinski definition) is 5. The van der Waals surface area contributed by atoms with Crippen LogP contribution in [0.5, 0.6) is 0 Å². The fraction of sp³-hybridized carbons (Fsp3) is 0.500. The molecule has 0 unspecified atom stereocenters. The number of nitrogens with zero attached hydrogens (tertiary/aromatic N) is 2. The lowest BCUT2D eigenvalue weighted by Gasteiger charge is -2.60. The zero-order chi connectivity index (χ0) is 18.4. The Bertz CT molecular complexity index is 688. The summed E-state index contributed by atoms with van der Waals surface area (Å²) in [4.78, 5) is 17.3. The average Bonchev–Trinajstić information content (AvgIpc) is 2.62. The number of carbonyl (C=O) groups excluding carboxylic acids is 1. The second-order valence-electron chi connectivity index (χ2n) is 6.33. The highest BCUT2D eigenvalue weighted by Crippen LogP contribution is 2.47. The first-order valence-electron chi connectivity index (χ1n) is 7.65. The molecule has 1 heterocycles. The molecule has 1 aromatic carbocycles. The third kappa shape index (κ3) is 2.35. The van der Waals surface area contributed by atoms with E-state index in [1.807, 2.05) is 0 Å². The Morgan fingerprint density at radius 2 is 1.68 bits per heavy atom. The van der Waals surface area contributed by atoms with Crippen LogP contribution >= 0.6 is 0 Å². The molecule has 25 heavy (non-hydrogen) atoms. The van der Waals surface area contributed by atoms with Crippen LogP contribution in [-0.4, -0.2) is 72.1 Å². The minimum absolute atomic E-state index is 0.0531. The van der Waals surface area contributed by atoms with E-state index in [0.717, 1.165) is 0 Å². The Hall–Kier alpha value is -2.06. The van der Waals surface area contributed by atoms with Gasteiger partial charge in [0.05, 0.1) is 6.42 Å². The van der Waals surface area contributed by atoms with E-state index in [0.29, 0.717) is 10.6 Å². The fourth-order valence-corrected chi connectivity index (χ4v) is 3.39. The van der Waals surface area contributed by atoms with Crippen LogP contribution < -0.4 is 0 Å². The second kappa shape index (κ2) is 6.03. The van der Waals surface area contributed by atoms with E-state index in [-0.39, 0.29) is 6.61 Å². The van der Waals surface area contributed by atoms with Crippen molar-refractivity contribution >= 4 is 5.91 Å². The van der Waals surface area contributed by atoms with Gasteiger partial charge in [-0.1, -0.05) is 30.3 Å². The maximum atomic E-state index is 11.9. The minimum Gasteiger partial charge on any atom is -0.388 e. The fourth-order valence-electron chi connectivity index (χ4n) is 3.39. The second-order valence-corrected chi connectivity index (χ2v) is 6.33. The van der Waals surface area contributed by atoms with Gasteiger partial charge >= 0.3 is 0 Å². The number of benzene rings is 1. The van der Waals surface area contributed by atoms with E-state index in [1.54, 1.807) is 30.3 Å². The first-order chi connectivity index (χ1) is 11.8. The van der Waals surface area contributed by atoms with E-state index < -0.39 is 47.9 Å². The Kier molecular flexibility index (Phi) is 4.28. The van der Waals surface area contributed by atoms with Gasteiger partial charge in [-0.25, -0.2) is 5.06 Å². The standard InChI is InChI=1S/C16H18N2O7/c17-8-16(24)13(22)11(20)15(12(21)14(16)23)6-10(19)18(15)25-7-9-4-2-1-3-5-9/h1-5,11-14,20-24H,6-7H2/t11-,12-,13+,14+,15-,16+/m1/s1. The van der Waals surface area contributed by atoms with Crippen LogP contribution in [0.2, 0.25) is 0 Å². The van der Waals surface area contributed by atoms with Crippen molar-refractivity contribution in [3.63, 3.8) is 0 Å².